The van der Waals surface area contributed by atoms with Gasteiger partial charge in [0, 0.05) is 10.7 Å². The zero-order valence-electron chi connectivity index (χ0n) is 9.78. The first-order valence-corrected chi connectivity index (χ1v) is 7.21. The van der Waals surface area contributed by atoms with Crippen LogP contribution in [-0.2, 0) is 4.79 Å². The normalized spacial score (nSPS) is 12.1. The van der Waals surface area contributed by atoms with Gasteiger partial charge in [-0.2, -0.15) is 11.8 Å². The fraction of sp³-hybridized carbons (Fsp3) is 0.417. The number of rotatable bonds is 7. The standard InChI is InChI=1S/C12H17ClN2OS/c1-17-7-3-6-11(12(14)16)15-10-5-2-4-9(13)8-10/h2,4-5,8,11,15H,3,6-7H2,1H3,(H2,14,16). The molecule has 0 spiro atoms. The maximum atomic E-state index is 11.3. The lowest BCUT2D eigenvalue weighted by Crippen LogP contribution is -2.35. The molecular weight excluding hydrogens is 256 g/mol. The van der Waals surface area contributed by atoms with Crippen LogP contribution in [0.25, 0.3) is 0 Å². The second kappa shape index (κ2) is 7.45. The lowest BCUT2D eigenvalue weighted by Gasteiger charge is -2.16. The number of carbonyl (C=O) groups excluding carboxylic acids is 1. The number of benzene rings is 1. The zero-order chi connectivity index (χ0) is 12.7. The number of anilines is 1. The Balaban J connectivity index is 2.57. The van der Waals surface area contributed by atoms with Crippen molar-refractivity contribution < 1.29 is 4.79 Å². The average Bonchev–Trinajstić information content (AvgIpc) is 2.28. The van der Waals surface area contributed by atoms with Crippen LogP contribution in [0.5, 0.6) is 0 Å². The Morgan fingerprint density at radius 2 is 2.35 bits per heavy atom. The summed E-state index contributed by atoms with van der Waals surface area (Å²) in [6.45, 7) is 0. The summed E-state index contributed by atoms with van der Waals surface area (Å²) >= 11 is 7.64. The predicted molar refractivity (Wildman–Crippen MR) is 75.7 cm³/mol. The van der Waals surface area contributed by atoms with Crippen LogP contribution >= 0.6 is 23.4 Å². The summed E-state index contributed by atoms with van der Waals surface area (Å²) in [6, 6.07) is 6.95. The first kappa shape index (κ1) is 14.2. The number of hydrogen-bond acceptors (Lipinski definition) is 3. The van der Waals surface area contributed by atoms with Gasteiger partial charge in [-0.1, -0.05) is 17.7 Å². The van der Waals surface area contributed by atoms with E-state index in [1.54, 1.807) is 23.9 Å². The van der Waals surface area contributed by atoms with Gasteiger partial charge in [-0.3, -0.25) is 4.79 Å². The molecule has 1 atom stereocenters. The predicted octanol–water partition coefficient (Wildman–Crippen LogP) is 2.75. The number of halogens is 1. The summed E-state index contributed by atoms with van der Waals surface area (Å²) in [5.41, 5.74) is 6.19. The summed E-state index contributed by atoms with van der Waals surface area (Å²) in [5, 5.41) is 3.75. The van der Waals surface area contributed by atoms with Crippen LogP contribution in [0.15, 0.2) is 24.3 Å². The smallest absolute Gasteiger partial charge is 0.239 e. The molecule has 0 aromatic heterocycles. The molecule has 0 aliphatic carbocycles. The maximum absolute atomic E-state index is 11.3. The molecule has 5 heteroatoms. The Morgan fingerprint density at radius 1 is 1.59 bits per heavy atom. The van der Waals surface area contributed by atoms with E-state index in [1.165, 1.54) is 0 Å². The second-order valence-corrected chi connectivity index (χ2v) is 5.17. The van der Waals surface area contributed by atoms with E-state index in [9.17, 15) is 4.79 Å². The zero-order valence-corrected chi connectivity index (χ0v) is 11.4. The molecule has 1 aromatic rings. The lowest BCUT2D eigenvalue weighted by atomic mass is 10.1. The van der Waals surface area contributed by atoms with Gasteiger partial charge in [0.2, 0.25) is 5.91 Å². The van der Waals surface area contributed by atoms with E-state index in [2.05, 4.69) is 5.32 Å². The van der Waals surface area contributed by atoms with Crippen LogP contribution in [0.3, 0.4) is 0 Å². The van der Waals surface area contributed by atoms with Crippen LogP contribution in [0.2, 0.25) is 5.02 Å². The van der Waals surface area contributed by atoms with E-state index < -0.39 is 0 Å². The third-order valence-corrected chi connectivity index (χ3v) is 3.28. The van der Waals surface area contributed by atoms with Gasteiger partial charge in [0.25, 0.3) is 0 Å². The van der Waals surface area contributed by atoms with Crippen LogP contribution in [0.4, 0.5) is 5.69 Å². The Hall–Kier alpha value is -0.870. The highest BCUT2D eigenvalue weighted by atomic mass is 35.5. The van der Waals surface area contributed by atoms with Gasteiger partial charge in [-0.05, 0) is 43.0 Å². The molecule has 1 unspecified atom stereocenters. The van der Waals surface area contributed by atoms with Crippen molar-refractivity contribution in [3.05, 3.63) is 29.3 Å². The molecule has 1 rings (SSSR count). The lowest BCUT2D eigenvalue weighted by molar-refractivity contribution is -0.118. The minimum absolute atomic E-state index is 0.328. The average molecular weight is 273 g/mol. The van der Waals surface area contributed by atoms with E-state index in [1.807, 2.05) is 18.4 Å². The van der Waals surface area contributed by atoms with Crippen molar-refractivity contribution >= 4 is 35.0 Å². The molecule has 0 heterocycles. The highest BCUT2D eigenvalue weighted by Crippen LogP contribution is 2.17. The van der Waals surface area contributed by atoms with Gasteiger partial charge < -0.3 is 11.1 Å². The number of amides is 1. The van der Waals surface area contributed by atoms with E-state index in [-0.39, 0.29) is 11.9 Å². The van der Waals surface area contributed by atoms with E-state index >= 15 is 0 Å². The Labute approximate surface area is 111 Å². The van der Waals surface area contributed by atoms with Crippen LogP contribution in [0, 0.1) is 0 Å². The molecule has 0 bridgehead atoms. The number of thioether (sulfide) groups is 1. The summed E-state index contributed by atoms with van der Waals surface area (Å²) in [5.74, 6) is 0.701. The van der Waals surface area contributed by atoms with Gasteiger partial charge >= 0.3 is 0 Å². The molecule has 1 amide bonds. The van der Waals surface area contributed by atoms with Crippen molar-refractivity contribution in [1.29, 1.82) is 0 Å². The van der Waals surface area contributed by atoms with Crippen molar-refractivity contribution in [2.75, 3.05) is 17.3 Å². The van der Waals surface area contributed by atoms with E-state index in [0.29, 0.717) is 5.02 Å². The highest BCUT2D eigenvalue weighted by Gasteiger charge is 2.14. The first-order chi connectivity index (χ1) is 8.13. The summed E-state index contributed by atoms with van der Waals surface area (Å²) in [7, 11) is 0. The number of nitrogens with one attached hydrogen (secondary N) is 1. The molecule has 0 saturated heterocycles. The van der Waals surface area contributed by atoms with E-state index in [4.69, 9.17) is 17.3 Å². The van der Waals surface area contributed by atoms with Crippen LogP contribution < -0.4 is 11.1 Å². The molecule has 0 saturated carbocycles. The highest BCUT2D eigenvalue weighted by molar-refractivity contribution is 7.98. The maximum Gasteiger partial charge on any atom is 0.239 e. The largest absolute Gasteiger partial charge is 0.374 e. The molecule has 0 aliphatic heterocycles. The molecule has 3 N–H and O–H groups in total. The van der Waals surface area contributed by atoms with Crippen LogP contribution in [0.1, 0.15) is 12.8 Å². The van der Waals surface area contributed by atoms with Crippen molar-refractivity contribution in [3.63, 3.8) is 0 Å². The monoisotopic (exact) mass is 272 g/mol. The number of carbonyl (C=O) groups is 1. The number of nitrogens with two attached hydrogens (primary N) is 1. The van der Waals surface area contributed by atoms with Gasteiger partial charge in [0.1, 0.15) is 6.04 Å². The summed E-state index contributed by atoms with van der Waals surface area (Å²) < 4.78 is 0. The molecule has 0 radical (unpaired) electrons. The van der Waals surface area contributed by atoms with Crippen molar-refractivity contribution in [2.24, 2.45) is 5.73 Å². The Bertz CT molecular complexity index is 373. The Kier molecular flexibility index (Phi) is 6.22. The topological polar surface area (TPSA) is 55.1 Å². The first-order valence-electron chi connectivity index (χ1n) is 5.44. The fourth-order valence-electron chi connectivity index (χ4n) is 1.50. The number of primary amides is 1. The quantitative estimate of drug-likeness (QED) is 0.751. The van der Waals surface area contributed by atoms with Crippen molar-refractivity contribution in [3.8, 4) is 0 Å². The molecular formula is C12H17ClN2OS. The van der Waals surface area contributed by atoms with Gasteiger partial charge in [-0.25, -0.2) is 0 Å². The minimum atomic E-state index is -0.333. The fourth-order valence-corrected chi connectivity index (χ4v) is 2.14. The SMILES string of the molecule is CSCCCC(Nc1cccc(Cl)c1)C(N)=O. The number of hydrogen-bond donors (Lipinski definition) is 2. The third kappa shape index (κ3) is 5.33. The second-order valence-electron chi connectivity index (χ2n) is 3.74. The summed E-state index contributed by atoms with van der Waals surface area (Å²) in [4.78, 5) is 11.3. The molecule has 0 aliphatic rings. The molecule has 17 heavy (non-hydrogen) atoms. The summed E-state index contributed by atoms with van der Waals surface area (Å²) in [6.07, 6.45) is 3.74. The minimum Gasteiger partial charge on any atom is -0.374 e. The molecule has 3 nitrogen and oxygen atoms in total. The van der Waals surface area contributed by atoms with Gasteiger partial charge in [0.05, 0.1) is 0 Å². The molecule has 0 fully saturated rings. The van der Waals surface area contributed by atoms with Crippen LogP contribution in [-0.4, -0.2) is 24.0 Å². The molecule has 94 valence electrons. The van der Waals surface area contributed by atoms with Gasteiger partial charge in [-0.15, -0.1) is 0 Å². The molecule has 1 aromatic carbocycles. The third-order valence-electron chi connectivity index (χ3n) is 2.35. The van der Waals surface area contributed by atoms with Gasteiger partial charge in [0.15, 0.2) is 0 Å². The van der Waals surface area contributed by atoms with Crippen molar-refractivity contribution in [1.82, 2.24) is 0 Å². The van der Waals surface area contributed by atoms with E-state index in [0.717, 1.165) is 24.3 Å². The Morgan fingerprint density at radius 3 is 2.94 bits per heavy atom. The van der Waals surface area contributed by atoms with Crippen molar-refractivity contribution in [2.45, 2.75) is 18.9 Å².